The van der Waals surface area contributed by atoms with Crippen molar-refractivity contribution in [2.45, 2.75) is 89.4 Å². The monoisotopic (exact) mass is 306 g/mol. The van der Waals surface area contributed by atoms with Crippen molar-refractivity contribution in [1.29, 1.82) is 0 Å². The van der Waals surface area contributed by atoms with E-state index < -0.39 is 5.60 Å². The molecule has 4 heteroatoms. The summed E-state index contributed by atoms with van der Waals surface area (Å²) < 4.78 is 5.57. The first-order chi connectivity index (χ1) is 10.4. The van der Waals surface area contributed by atoms with Gasteiger partial charge in [0.15, 0.2) is 0 Å². The first kappa shape index (κ1) is 17.1. The van der Waals surface area contributed by atoms with Crippen LogP contribution in [-0.4, -0.2) is 41.3 Å². The average Bonchev–Trinajstić information content (AvgIpc) is 2.68. The van der Waals surface area contributed by atoms with Crippen LogP contribution >= 0.6 is 0 Å². The lowest BCUT2D eigenvalue weighted by atomic mass is 9.97. The number of fused-ring (bicyclic) bond motifs is 2. The quantitative estimate of drug-likeness (QED) is 0.626. The summed E-state index contributed by atoms with van der Waals surface area (Å²) in [6, 6.07) is 1.22. The van der Waals surface area contributed by atoms with Crippen LogP contribution < -0.4 is 5.32 Å². The van der Waals surface area contributed by atoms with Gasteiger partial charge in [-0.2, -0.15) is 0 Å². The maximum atomic E-state index is 12.4. The number of carbonyl (C=O) groups is 1. The highest BCUT2D eigenvalue weighted by Gasteiger charge is 2.44. The number of hydrogen-bond acceptors (Lipinski definition) is 3. The highest BCUT2D eigenvalue weighted by atomic mass is 16.6. The zero-order valence-electron chi connectivity index (χ0n) is 14.2. The lowest BCUT2D eigenvalue weighted by molar-refractivity contribution is 0.00475. The number of rotatable bonds is 5. The number of carbonyl (C=O) groups excluding carboxylic acids is 1. The Morgan fingerprint density at radius 1 is 1.27 bits per heavy atom. The maximum Gasteiger partial charge on any atom is 0.410 e. The minimum atomic E-state index is -0.414. The fraction of sp³-hybridized carbons (Fsp3) is 0.833. The molecule has 2 bridgehead atoms. The van der Waals surface area contributed by atoms with Gasteiger partial charge in [0.2, 0.25) is 0 Å². The highest BCUT2D eigenvalue weighted by Crippen LogP contribution is 2.36. The average molecular weight is 306 g/mol. The largest absolute Gasteiger partial charge is 0.444 e. The third kappa shape index (κ3) is 4.64. The molecular formula is C18H30N2O2. The molecule has 0 aliphatic carbocycles. The van der Waals surface area contributed by atoms with Crippen molar-refractivity contribution >= 4 is 6.09 Å². The zero-order chi connectivity index (χ0) is 16.2. The van der Waals surface area contributed by atoms with Gasteiger partial charge in [-0.15, -0.1) is 12.3 Å². The van der Waals surface area contributed by atoms with E-state index in [0.717, 1.165) is 51.5 Å². The van der Waals surface area contributed by atoms with Gasteiger partial charge < -0.3 is 15.0 Å². The predicted octanol–water partition coefficient (Wildman–Crippen LogP) is 3.31. The van der Waals surface area contributed by atoms with Gasteiger partial charge in [0.25, 0.3) is 0 Å². The molecule has 1 N–H and O–H groups in total. The van der Waals surface area contributed by atoms with Crippen molar-refractivity contribution < 1.29 is 9.53 Å². The molecule has 0 aromatic heterocycles. The van der Waals surface area contributed by atoms with Crippen molar-refractivity contribution in [2.75, 3.05) is 6.54 Å². The minimum Gasteiger partial charge on any atom is -0.444 e. The van der Waals surface area contributed by atoms with Gasteiger partial charge in [0, 0.05) is 24.5 Å². The van der Waals surface area contributed by atoms with Gasteiger partial charge >= 0.3 is 6.09 Å². The predicted molar refractivity (Wildman–Crippen MR) is 88.6 cm³/mol. The molecular weight excluding hydrogens is 276 g/mol. The van der Waals surface area contributed by atoms with Crippen molar-refractivity contribution in [2.24, 2.45) is 0 Å². The van der Waals surface area contributed by atoms with Gasteiger partial charge in [-0.25, -0.2) is 4.79 Å². The molecule has 0 saturated carbocycles. The van der Waals surface area contributed by atoms with Gasteiger partial charge in [-0.05, 0) is 65.8 Å². The van der Waals surface area contributed by atoms with Gasteiger partial charge in [0.1, 0.15) is 5.60 Å². The summed E-state index contributed by atoms with van der Waals surface area (Å²) >= 11 is 0. The smallest absolute Gasteiger partial charge is 0.410 e. The van der Waals surface area contributed by atoms with E-state index in [0.29, 0.717) is 18.1 Å². The Hall–Kier alpha value is -1.21. The summed E-state index contributed by atoms with van der Waals surface area (Å²) in [5.41, 5.74) is -0.414. The second kappa shape index (κ2) is 7.37. The second-order valence-corrected chi connectivity index (χ2v) is 7.56. The van der Waals surface area contributed by atoms with E-state index in [4.69, 9.17) is 11.2 Å². The summed E-state index contributed by atoms with van der Waals surface area (Å²) in [5.74, 6) is 2.68. The van der Waals surface area contributed by atoms with E-state index in [9.17, 15) is 4.79 Å². The minimum absolute atomic E-state index is 0.132. The number of terminal acetylenes is 1. The number of unbranched alkanes of at least 4 members (excludes halogenated alkanes) is 2. The number of ether oxygens (including phenoxy) is 1. The molecule has 0 aromatic carbocycles. The summed E-state index contributed by atoms with van der Waals surface area (Å²) in [5, 5.41) is 3.64. The van der Waals surface area contributed by atoms with E-state index in [1.165, 1.54) is 0 Å². The fourth-order valence-corrected chi connectivity index (χ4v) is 3.61. The molecule has 2 atom stereocenters. The molecule has 2 fully saturated rings. The molecule has 4 nitrogen and oxygen atoms in total. The Morgan fingerprint density at radius 2 is 1.91 bits per heavy atom. The van der Waals surface area contributed by atoms with Crippen molar-refractivity contribution in [1.82, 2.24) is 10.2 Å². The highest BCUT2D eigenvalue weighted by molar-refractivity contribution is 5.69. The van der Waals surface area contributed by atoms with Crippen LogP contribution in [0.2, 0.25) is 0 Å². The van der Waals surface area contributed by atoms with Crippen LogP contribution in [0.15, 0.2) is 0 Å². The van der Waals surface area contributed by atoms with Crippen LogP contribution in [-0.2, 0) is 4.74 Å². The summed E-state index contributed by atoms with van der Waals surface area (Å²) in [4.78, 5) is 14.4. The first-order valence-corrected chi connectivity index (χ1v) is 8.59. The zero-order valence-corrected chi connectivity index (χ0v) is 14.2. The van der Waals surface area contributed by atoms with Crippen LogP contribution in [0, 0.1) is 12.3 Å². The van der Waals surface area contributed by atoms with Crippen molar-refractivity contribution in [3.63, 3.8) is 0 Å². The molecule has 2 aliphatic heterocycles. The van der Waals surface area contributed by atoms with Crippen LogP contribution in [0.25, 0.3) is 0 Å². The third-order valence-corrected chi connectivity index (χ3v) is 4.52. The molecule has 2 heterocycles. The Kier molecular flexibility index (Phi) is 5.74. The standard InChI is InChI=1S/C18H30N2O2/c1-5-6-7-8-11-19-14-12-15-9-10-16(13-14)20(15)17(21)22-18(2,3)4/h1,14-16,19H,6-13H2,2-4H3. The molecule has 0 spiro atoms. The van der Waals surface area contributed by atoms with E-state index >= 15 is 0 Å². The second-order valence-electron chi connectivity index (χ2n) is 7.56. The Bertz CT molecular complexity index is 408. The first-order valence-electron chi connectivity index (χ1n) is 8.59. The number of hydrogen-bond donors (Lipinski definition) is 1. The SMILES string of the molecule is C#CCCCCNC1CC2CCC(C1)N2C(=O)OC(C)(C)C. The molecule has 22 heavy (non-hydrogen) atoms. The van der Waals surface area contributed by atoms with E-state index in [1.807, 2.05) is 25.7 Å². The van der Waals surface area contributed by atoms with E-state index in [1.54, 1.807) is 0 Å². The van der Waals surface area contributed by atoms with Gasteiger partial charge in [-0.3, -0.25) is 0 Å². The summed E-state index contributed by atoms with van der Waals surface area (Å²) in [7, 11) is 0. The van der Waals surface area contributed by atoms with Crippen molar-refractivity contribution in [3.8, 4) is 12.3 Å². The number of piperidine rings is 1. The lowest BCUT2D eigenvalue weighted by Gasteiger charge is -2.39. The number of amides is 1. The number of nitrogens with one attached hydrogen (secondary N) is 1. The summed E-state index contributed by atoms with van der Waals surface area (Å²) in [6.07, 6.45) is 12.5. The van der Waals surface area contributed by atoms with Crippen LogP contribution in [0.4, 0.5) is 4.79 Å². The fourth-order valence-electron chi connectivity index (χ4n) is 3.61. The van der Waals surface area contributed by atoms with Gasteiger partial charge in [0.05, 0.1) is 0 Å². The molecule has 0 radical (unpaired) electrons. The van der Waals surface area contributed by atoms with Gasteiger partial charge in [-0.1, -0.05) is 0 Å². The molecule has 0 aromatic rings. The van der Waals surface area contributed by atoms with Crippen LogP contribution in [0.5, 0.6) is 0 Å². The molecule has 2 unspecified atom stereocenters. The number of nitrogens with zero attached hydrogens (tertiary/aromatic N) is 1. The molecule has 1 amide bonds. The summed E-state index contributed by atoms with van der Waals surface area (Å²) in [6.45, 7) is 6.81. The molecule has 2 rings (SSSR count). The Morgan fingerprint density at radius 3 is 2.45 bits per heavy atom. The Balaban J connectivity index is 1.79. The molecule has 2 saturated heterocycles. The van der Waals surface area contributed by atoms with Crippen molar-refractivity contribution in [3.05, 3.63) is 0 Å². The molecule has 124 valence electrons. The lowest BCUT2D eigenvalue weighted by Crippen LogP contribution is -2.52. The molecule has 2 aliphatic rings. The van der Waals surface area contributed by atoms with E-state index in [-0.39, 0.29) is 6.09 Å². The topological polar surface area (TPSA) is 41.6 Å². The van der Waals surface area contributed by atoms with Crippen LogP contribution in [0.3, 0.4) is 0 Å². The normalized spacial score (nSPS) is 27.5. The Labute approximate surface area is 135 Å². The van der Waals surface area contributed by atoms with Crippen LogP contribution in [0.1, 0.15) is 65.7 Å². The maximum absolute atomic E-state index is 12.4. The third-order valence-electron chi connectivity index (χ3n) is 4.52. The van der Waals surface area contributed by atoms with E-state index in [2.05, 4.69) is 11.2 Å².